The number of esters is 1. The maximum Gasteiger partial charge on any atom is 0.306 e. The molecule has 0 spiro atoms. The van der Waals surface area contributed by atoms with Crippen LogP contribution in [0.15, 0.2) is 12.2 Å². The second-order valence-electron chi connectivity index (χ2n) is 5.23. The third-order valence-electron chi connectivity index (χ3n) is 3.28. The Balaban J connectivity index is 2.35. The minimum atomic E-state index is -0.142. The Morgan fingerprint density at radius 3 is 2.71 bits per heavy atom. The summed E-state index contributed by atoms with van der Waals surface area (Å²) >= 11 is 0. The average molecular weight is 238 g/mol. The summed E-state index contributed by atoms with van der Waals surface area (Å²) in [5.74, 6) is 0.708. The fourth-order valence-corrected chi connectivity index (χ4v) is 2.24. The molecule has 1 rings (SSSR count). The third kappa shape index (κ3) is 4.33. The summed E-state index contributed by atoms with van der Waals surface area (Å²) in [5, 5.41) is 0. The van der Waals surface area contributed by atoms with Gasteiger partial charge in [-0.05, 0) is 30.6 Å². The highest BCUT2D eigenvalue weighted by Gasteiger charge is 2.30. The standard InChI is InChI=1S/C14H22O3/c1-10(2)9-17-14(16)8-13-5-4-12(6-7-15)11(13)3/h7,10,12-13H,3-6,8-9H2,1-2H3. The number of aldehydes is 1. The smallest absolute Gasteiger partial charge is 0.306 e. The van der Waals surface area contributed by atoms with Crippen molar-refractivity contribution in [3.05, 3.63) is 12.2 Å². The molecule has 0 aromatic rings. The molecule has 96 valence electrons. The van der Waals surface area contributed by atoms with E-state index in [0.717, 1.165) is 24.7 Å². The maximum absolute atomic E-state index is 11.6. The van der Waals surface area contributed by atoms with Crippen LogP contribution in [0.4, 0.5) is 0 Å². The van der Waals surface area contributed by atoms with Crippen LogP contribution in [0.1, 0.15) is 39.5 Å². The normalized spacial score (nSPS) is 24.1. The van der Waals surface area contributed by atoms with Crippen molar-refractivity contribution in [3.8, 4) is 0 Å². The maximum atomic E-state index is 11.6. The van der Waals surface area contributed by atoms with Gasteiger partial charge in [-0.25, -0.2) is 0 Å². The summed E-state index contributed by atoms with van der Waals surface area (Å²) < 4.78 is 5.16. The fraction of sp³-hybridized carbons (Fsp3) is 0.714. The lowest BCUT2D eigenvalue weighted by Crippen LogP contribution is -2.14. The lowest BCUT2D eigenvalue weighted by Gasteiger charge is -2.14. The number of hydrogen-bond donors (Lipinski definition) is 0. The van der Waals surface area contributed by atoms with Gasteiger partial charge in [0.25, 0.3) is 0 Å². The van der Waals surface area contributed by atoms with E-state index in [2.05, 4.69) is 6.58 Å². The molecule has 3 nitrogen and oxygen atoms in total. The van der Waals surface area contributed by atoms with Gasteiger partial charge in [0, 0.05) is 6.42 Å². The molecule has 17 heavy (non-hydrogen) atoms. The zero-order valence-electron chi connectivity index (χ0n) is 10.8. The Labute approximate surface area is 103 Å². The molecule has 0 amide bonds. The van der Waals surface area contributed by atoms with E-state index in [-0.39, 0.29) is 17.8 Å². The van der Waals surface area contributed by atoms with Crippen LogP contribution in [0.2, 0.25) is 0 Å². The summed E-state index contributed by atoms with van der Waals surface area (Å²) in [6.07, 6.45) is 3.82. The molecule has 0 aromatic carbocycles. The molecule has 0 heterocycles. The molecule has 1 saturated carbocycles. The molecule has 1 aliphatic carbocycles. The zero-order chi connectivity index (χ0) is 12.8. The van der Waals surface area contributed by atoms with Crippen LogP contribution in [-0.2, 0) is 14.3 Å². The fourth-order valence-electron chi connectivity index (χ4n) is 2.24. The van der Waals surface area contributed by atoms with Gasteiger partial charge in [-0.1, -0.05) is 26.0 Å². The Morgan fingerprint density at radius 1 is 1.47 bits per heavy atom. The van der Waals surface area contributed by atoms with E-state index in [9.17, 15) is 9.59 Å². The predicted molar refractivity (Wildman–Crippen MR) is 66.4 cm³/mol. The van der Waals surface area contributed by atoms with Gasteiger partial charge >= 0.3 is 5.97 Å². The summed E-state index contributed by atoms with van der Waals surface area (Å²) in [6, 6.07) is 0. The molecule has 0 aliphatic heterocycles. The zero-order valence-corrected chi connectivity index (χ0v) is 10.8. The Kier molecular flexibility index (Phi) is 5.39. The monoisotopic (exact) mass is 238 g/mol. The molecular formula is C14H22O3. The van der Waals surface area contributed by atoms with E-state index in [1.54, 1.807) is 0 Å². The molecule has 1 aliphatic rings. The number of carbonyl (C=O) groups excluding carboxylic acids is 2. The van der Waals surface area contributed by atoms with Gasteiger partial charge in [-0.2, -0.15) is 0 Å². The van der Waals surface area contributed by atoms with E-state index in [1.165, 1.54) is 0 Å². The second-order valence-corrected chi connectivity index (χ2v) is 5.23. The Morgan fingerprint density at radius 2 is 2.12 bits per heavy atom. The molecule has 0 aromatic heterocycles. The van der Waals surface area contributed by atoms with E-state index in [4.69, 9.17) is 4.74 Å². The first kappa shape index (κ1) is 13.9. The van der Waals surface area contributed by atoms with Crippen LogP contribution in [0.3, 0.4) is 0 Å². The molecule has 0 N–H and O–H groups in total. The number of hydrogen-bond acceptors (Lipinski definition) is 3. The molecule has 0 radical (unpaired) electrons. The minimum Gasteiger partial charge on any atom is -0.465 e. The van der Waals surface area contributed by atoms with Gasteiger partial charge in [-0.15, -0.1) is 0 Å². The topological polar surface area (TPSA) is 43.4 Å². The van der Waals surface area contributed by atoms with Gasteiger partial charge in [0.1, 0.15) is 6.29 Å². The molecular weight excluding hydrogens is 216 g/mol. The van der Waals surface area contributed by atoms with Crippen molar-refractivity contribution in [2.75, 3.05) is 6.61 Å². The molecule has 2 atom stereocenters. The van der Waals surface area contributed by atoms with E-state index < -0.39 is 0 Å². The summed E-state index contributed by atoms with van der Waals surface area (Å²) in [5.41, 5.74) is 1.05. The van der Waals surface area contributed by atoms with Crippen molar-refractivity contribution in [2.45, 2.75) is 39.5 Å². The second kappa shape index (κ2) is 6.58. The highest BCUT2D eigenvalue weighted by molar-refractivity contribution is 5.70. The first-order chi connectivity index (χ1) is 8.04. The lowest BCUT2D eigenvalue weighted by molar-refractivity contribution is -0.145. The van der Waals surface area contributed by atoms with Crippen LogP contribution >= 0.6 is 0 Å². The predicted octanol–water partition coefficient (Wildman–Crippen LogP) is 2.75. The van der Waals surface area contributed by atoms with Crippen LogP contribution in [0, 0.1) is 17.8 Å². The molecule has 1 fully saturated rings. The molecule has 0 saturated heterocycles. The van der Waals surface area contributed by atoms with Crippen molar-refractivity contribution in [2.24, 2.45) is 17.8 Å². The van der Waals surface area contributed by atoms with Gasteiger partial charge in [0.15, 0.2) is 0 Å². The van der Waals surface area contributed by atoms with E-state index in [0.29, 0.717) is 25.4 Å². The number of carbonyl (C=O) groups is 2. The van der Waals surface area contributed by atoms with Crippen LogP contribution in [0.25, 0.3) is 0 Å². The Hall–Kier alpha value is -1.12. The van der Waals surface area contributed by atoms with Crippen molar-refractivity contribution in [1.82, 2.24) is 0 Å². The number of allylic oxidation sites excluding steroid dienone is 1. The van der Waals surface area contributed by atoms with Gasteiger partial charge in [-0.3, -0.25) is 4.79 Å². The lowest BCUT2D eigenvalue weighted by atomic mass is 9.94. The van der Waals surface area contributed by atoms with Crippen molar-refractivity contribution in [3.63, 3.8) is 0 Å². The van der Waals surface area contributed by atoms with E-state index >= 15 is 0 Å². The van der Waals surface area contributed by atoms with Crippen LogP contribution < -0.4 is 0 Å². The first-order valence-electron chi connectivity index (χ1n) is 6.32. The Bertz CT molecular complexity index is 294. The largest absolute Gasteiger partial charge is 0.465 e. The van der Waals surface area contributed by atoms with Gasteiger partial charge in [0.05, 0.1) is 13.0 Å². The van der Waals surface area contributed by atoms with Gasteiger partial charge in [0.2, 0.25) is 0 Å². The molecule has 2 unspecified atom stereocenters. The van der Waals surface area contributed by atoms with Crippen molar-refractivity contribution in [1.29, 1.82) is 0 Å². The van der Waals surface area contributed by atoms with Crippen molar-refractivity contribution < 1.29 is 14.3 Å². The summed E-state index contributed by atoms with van der Waals surface area (Å²) in [7, 11) is 0. The van der Waals surface area contributed by atoms with Gasteiger partial charge < -0.3 is 9.53 Å². The highest BCUT2D eigenvalue weighted by atomic mass is 16.5. The quantitative estimate of drug-likeness (QED) is 0.406. The summed E-state index contributed by atoms with van der Waals surface area (Å²) in [6.45, 7) is 8.53. The molecule has 3 heteroatoms. The SMILES string of the molecule is C=C1C(CC=O)CCC1CC(=O)OCC(C)C. The highest BCUT2D eigenvalue weighted by Crippen LogP contribution is 2.38. The first-order valence-corrected chi connectivity index (χ1v) is 6.32. The van der Waals surface area contributed by atoms with Crippen molar-refractivity contribution >= 4 is 12.3 Å². The number of ether oxygens (including phenoxy) is 1. The summed E-state index contributed by atoms with van der Waals surface area (Å²) in [4.78, 5) is 22.1. The average Bonchev–Trinajstić information content (AvgIpc) is 2.59. The third-order valence-corrected chi connectivity index (χ3v) is 3.28. The van der Waals surface area contributed by atoms with E-state index in [1.807, 2.05) is 13.8 Å². The van der Waals surface area contributed by atoms with Crippen LogP contribution in [0.5, 0.6) is 0 Å². The minimum absolute atomic E-state index is 0.142. The van der Waals surface area contributed by atoms with Crippen LogP contribution in [-0.4, -0.2) is 18.9 Å². The number of rotatable bonds is 6. The molecule has 0 bridgehead atoms.